The van der Waals surface area contributed by atoms with E-state index in [1.807, 2.05) is 6.07 Å². The summed E-state index contributed by atoms with van der Waals surface area (Å²) in [6.07, 6.45) is 3.04. The van der Waals surface area contributed by atoms with Crippen LogP contribution in [0.2, 0.25) is 0 Å². The van der Waals surface area contributed by atoms with Gasteiger partial charge in [0.25, 0.3) is 0 Å². The van der Waals surface area contributed by atoms with Gasteiger partial charge in [0.1, 0.15) is 53.5 Å². The Kier molecular flexibility index (Phi) is 23.9. The van der Waals surface area contributed by atoms with E-state index in [4.69, 9.17) is 11.5 Å². The van der Waals surface area contributed by atoms with E-state index in [1.54, 1.807) is 24.4 Å². The number of H-pyrrole nitrogens is 2. The number of phenols is 3. The van der Waals surface area contributed by atoms with Crippen LogP contribution >= 0.6 is 0 Å². The van der Waals surface area contributed by atoms with Gasteiger partial charge in [0, 0.05) is 61.1 Å². The van der Waals surface area contributed by atoms with Gasteiger partial charge in [-0.15, -0.1) is 0 Å². The van der Waals surface area contributed by atoms with Gasteiger partial charge >= 0.3 is 5.97 Å². The number of rotatable bonds is 32. The van der Waals surface area contributed by atoms with Crippen molar-refractivity contribution >= 4 is 64.1 Å². The van der Waals surface area contributed by atoms with Crippen molar-refractivity contribution in [3.63, 3.8) is 0 Å². The first kappa shape index (κ1) is 64.3. The topological polar surface area (TPSA) is 448 Å². The first-order chi connectivity index (χ1) is 40.6. The van der Waals surface area contributed by atoms with E-state index in [0.717, 1.165) is 10.9 Å². The highest BCUT2D eigenvalue weighted by Gasteiger charge is 2.35. The number of aromatic hydroxyl groups is 3. The van der Waals surface area contributed by atoms with Crippen LogP contribution in [0.15, 0.2) is 116 Å². The zero-order valence-electron chi connectivity index (χ0n) is 46.4. The van der Waals surface area contributed by atoms with Gasteiger partial charge in [-0.25, -0.2) is 9.78 Å². The molecule has 27 nitrogen and oxygen atoms in total. The number of benzene rings is 4. The van der Waals surface area contributed by atoms with Crippen molar-refractivity contribution in [1.29, 1.82) is 0 Å². The fraction of sp³-hybridized carbons (Fsp3) is 0.345. The van der Waals surface area contributed by atoms with Crippen molar-refractivity contribution < 1.29 is 68.7 Å². The number of phenolic OH excluding ortho intramolecular Hbond substituents is 3. The quantitative estimate of drug-likeness (QED) is 0.0216. The minimum Gasteiger partial charge on any atom is -0.508 e. The summed E-state index contributed by atoms with van der Waals surface area (Å²) in [4.78, 5) is 132. The number of carbonyl (C=O) groups is 9. The molecule has 0 saturated heterocycles. The number of aromatic amines is 2. The van der Waals surface area contributed by atoms with E-state index in [2.05, 4.69) is 57.5 Å². The van der Waals surface area contributed by atoms with E-state index in [-0.39, 0.29) is 62.3 Å². The molecule has 0 aliphatic heterocycles. The lowest BCUT2D eigenvalue weighted by Crippen LogP contribution is -2.61. The Morgan fingerprint density at radius 1 is 0.541 bits per heavy atom. The van der Waals surface area contributed by atoms with Crippen LogP contribution in [-0.2, 0) is 75.3 Å². The molecule has 85 heavy (non-hydrogen) atoms. The number of imidazole rings is 1. The number of aliphatic hydroxyl groups is 1. The van der Waals surface area contributed by atoms with Crippen LogP contribution in [0.25, 0.3) is 10.9 Å². The Morgan fingerprint density at radius 3 is 1.59 bits per heavy atom. The molecular formula is C58H71N13O14. The zero-order chi connectivity index (χ0) is 61.6. The Labute approximate surface area is 487 Å². The fourth-order valence-corrected chi connectivity index (χ4v) is 8.96. The van der Waals surface area contributed by atoms with Gasteiger partial charge in [-0.2, -0.15) is 0 Å². The van der Waals surface area contributed by atoms with Gasteiger partial charge in [-0.1, -0.05) is 54.6 Å². The van der Waals surface area contributed by atoms with Crippen molar-refractivity contribution in [2.75, 3.05) is 19.6 Å². The second-order valence-electron chi connectivity index (χ2n) is 20.3. The second-order valence-corrected chi connectivity index (χ2v) is 20.3. The molecule has 8 amide bonds. The molecule has 27 heteroatoms. The third-order valence-electron chi connectivity index (χ3n) is 13.6. The van der Waals surface area contributed by atoms with Crippen molar-refractivity contribution in [3.05, 3.63) is 144 Å². The first-order valence-corrected chi connectivity index (χ1v) is 27.2. The molecule has 0 spiro atoms. The predicted molar refractivity (Wildman–Crippen MR) is 308 cm³/mol. The van der Waals surface area contributed by atoms with E-state index in [0.29, 0.717) is 40.8 Å². The lowest BCUT2D eigenvalue weighted by molar-refractivity contribution is -0.142. The lowest BCUT2D eigenvalue weighted by Gasteiger charge is -2.28. The second kappa shape index (κ2) is 31.5. The molecule has 0 radical (unpaired) electrons. The molecule has 0 aliphatic carbocycles. The Bertz CT molecular complexity index is 3230. The van der Waals surface area contributed by atoms with Crippen LogP contribution in [0.3, 0.4) is 0 Å². The summed E-state index contributed by atoms with van der Waals surface area (Å²) in [5, 5.41) is 71.5. The first-order valence-electron chi connectivity index (χ1n) is 27.2. The average Bonchev–Trinajstić information content (AvgIpc) is 4.39. The van der Waals surface area contributed by atoms with Crippen molar-refractivity contribution in [3.8, 4) is 17.2 Å². The number of nitrogens with zero attached hydrogens (tertiary/aromatic N) is 1. The van der Waals surface area contributed by atoms with E-state index in [1.165, 1.54) is 92.2 Å². The summed E-state index contributed by atoms with van der Waals surface area (Å²) in [5.41, 5.74) is 15.3. The van der Waals surface area contributed by atoms with Crippen molar-refractivity contribution in [2.24, 2.45) is 11.5 Å². The maximum atomic E-state index is 14.2. The largest absolute Gasteiger partial charge is 0.508 e. The number of nitrogens with two attached hydrogens (primary N) is 2. The summed E-state index contributed by atoms with van der Waals surface area (Å²) >= 11 is 0. The highest BCUT2D eigenvalue weighted by Crippen LogP contribution is 2.20. The molecule has 0 saturated carbocycles. The highest BCUT2D eigenvalue weighted by molar-refractivity contribution is 5.97. The Morgan fingerprint density at radius 2 is 1.05 bits per heavy atom. The molecule has 4 aromatic carbocycles. The molecule has 0 unspecified atom stereocenters. The minimum absolute atomic E-state index is 0.0201. The summed E-state index contributed by atoms with van der Waals surface area (Å²) < 4.78 is 0. The Hall–Kier alpha value is -9.86. The summed E-state index contributed by atoms with van der Waals surface area (Å²) in [5.74, 6) is -8.69. The van der Waals surface area contributed by atoms with Crippen LogP contribution in [0.5, 0.6) is 17.2 Å². The number of unbranched alkanes of at least 4 members (excludes halogenated alkanes) is 1. The number of carboxylic acid groups (broad SMARTS) is 1. The molecule has 2 aromatic heterocycles. The van der Waals surface area contributed by atoms with Crippen molar-refractivity contribution in [2.45, 2.75) is 107 Å². The monoisotopic (exact) mass is 1170 g/mol. The fourth-order valence-electron chi connectivity index (χ4n) is 8.96. The van der Waals surface area contributed by atoms with Crippen LogP contribution in [-0.4, -0.2) is 162 Å². The zero-order valence-corrected chi connectivity index (χ0v) is 46.4. The third-order valence-corrected chi connectivity index (χ3v) is 13.6. The van der Waals surface area contributed by atoms with Gasteiger partial charge in [-0.3, -0.25) is 38.4 Å². The number of nitrogens with one attached hydrogen (secondary N) is 10. The molecule has 8 atom stereocenters. The average molecular weight is 1170 g/mol. The Balaban J connectivity index is 1.10. The van der Waals surface area contributed by atoms with Gasteiger partial charge in [-0.05, 0) is 97.4 Å². The molecular weight excluding hydrogens is 1100 g/mol. The van der Waals surface area contributed by atoms with Crippen LogP contribution in [0.4, 0.5) is 0 Å². The third kappa shape index (κ3) is 20.2. The maximum absolute atomic E-state index is 14.2. The van der Waals surface area contributed by atoms with Gasteiger partial charge < -0.3 is 89.5 Å². The molecule has 0 fully saturated rings. The summed E-state index contributed by atoms with van der Waals surface area (Å²) in [7, 11) is 0. The van der Waals surface area contributed by atoms with Gasteiger partial charge in [0.2, 0.25) is 47.3 Å². The highest BCUT2D eigenvalue weighted by atomic mass is 16.4. The van der Waals surface area contributed by atoms with Crippen LogP contribution in [0.1, 0.15) is 54.1 Å². The SMILES string of the molecule is C[C@@H](O)[C@H](NC(=O)[C@H](CCCCN)NC(=O)[C@H](Cc1ccc(O)cc1)NC(=O)[C@@H](N)Cc1cnc[nH]1)C(=O)N[C@@H](Cc1ccc(O)cc1)C(=O)NCC(=O)NCC(=O)N[C@@H](Cc1ccc(O)cc1)C(=O)N[C@@H](Cc1c[nH]c2ccccc12)C(=O)O. The number of aliphatic carboxylic acids is 1. The number of carboxylic acids is 1. The van der Waals surface area contributed by atoms with Gasteiger partial charge in [0.15, 0.2) is 0 Å². The number of aromatic nitrogens is 3. The summed E-state index contributed by atoms with van der Waals surface area (Å²) in [6, 6.07) is 14.4. The smallest absolute Gasteiger partial charge is 0.326 e. The molecule has 19 N–H and O–H groups in total. The van der Waals surface area contributed by atoms with E-state index in [9.17, 15) is 68.7 Å². The standard InChI is InChI=1S/C58H71N13O14/c1-32(72)51(71-54(80)44(8-4-5-21-59)67-56(82)47(24-35-13-19-40(75)20-14-35)68-52(78)42(60)26-37-28-61-31-65-37)57(83)69-45(22-33-9-15-38(73)16-10-33)53(79)64-29-49(76)63-30-50(77)66-46(23-34-11-17-39(74)18-12-34)55(81)70-48(58(84)85)25-36-27-62-43-7-3-2-6-41(36)43/h2-3,6-7,9-20,27-28,31-32,42,44-48,51,62,72-75H,4-5,8,21-26,29-30,59-60H2,1H3,(H,61,65)(H,63,76)(H,64,79)(H,66,77)(H,67,82)(H,68,78)(H,69,83)(H,70,81)(H,71,80)(H,84,85)/t32-,42+,44+,45+,46+,47+,48+,51+/m1/s1. The molecule has 6 rings (SSSR count). The van der Waals surface area contributed by atoms with Crippen LogP contribution < -0.4 is 54.0 Å². The maximum Gasteiger partial charge on any atom is 0.326 e. The van der Waals surface area contributed by atoms with Crippen LogP contribution in [0, 0.1) is 0 Å². The number of carbonyl (C=O) groups excluding carboxylic acids is 8. The number of amides is 8. The number of fused-ring (bicyclic) bond motifs is 1. The summed E-state index contributed by atoms with van der Waals surface area (Å²) in [6.45, 7) is -0.0621. The number of para-hydroxylation sites is 1. The number of hydrogen-bond acceptors (Lipinski definition) is 16. The molecule has 6 aromatic rings. The van der Waals surface area contributed by atoms with Crippen molar-refractivity contribution in [1.82, 2.24) is 57.5 Å². The van der Waals surface area contributed by atoms with Gasteiger partial charge in [0.05, 0.1) is 31.6 Å². The minimum atomic E-state index is -1.76. The van der Waals surface area contributed by atoms with E-state index >= 15 is 0 Å². The molecule has 0 bridgehead atoms. The molecule has 0 aliphatic rings. The molecule has 2 heterocycles. The molecule has 452 valence electrons. The normalized spacial score (nSPS) is 13.9. The van der Waals surface area contributed by atoms with E-state index < -0.39 is 115 Å². The lowest BCUT2D eigenvalue weighted by atomic mass is 10.0. The number of aliphatic hydroxyl groups excluding tert-OH is 1. The number of hydrogen-bond donors (Lipinski definition) is 17. The predicted octanol–water partition coefficient (Wildman–Crippen LogP) is -1.42.